The van der Waals surface area contributed by atoms with Gasteiger partial charge in [0.25, 0.3) is 5.91 Å². The fourth-order valence-corrected chi connectivity index (χ4v) is 3.64. The number of anilines is 1. The van der Waals surface area contributed by atoms with Gasteiger partial charge in [-0.3, -0.25) is 4.79 Å². The number of fused-ring (bicyclic) bond motifs is 1. The van der Waals surface area contributed by atoms with Crippen LogP contribution in [0.5, 0.6) is 5.75 Å². The van der Waals surface area contributed by atoms with Gasteiger partial charge in [-0.1, -0.05) is 41.4 Å². The number of hydrogen-bond donors (Lipinski definition) is 1. The molecule has 3 aromatic carbocycles. The molecular weight excluding hydrogens is 411 g/mol. The molecule has 4 rings (SSSR count). The van der Waals surface area contributed by atoms with Crippen molar-refractivity contribution in [3.8, 4) is 17.2 Å². The van der Waals surface area contributed by atoms with Gasteiger partial charge in [0.2, 0.25) is 5.89 Å². The van der Waals surface area contributed by atoms with E-state index in [1.165, 1.54) is 19.2 Å². The zero-order chi connectivity index (χ0) is 20.5. The minimum absolute atomic E-state index is 0.242. The van der Waals surface area contributed by atoms with Crippen LogP contribution in [0.15, 0.2) is 59.0 Å². The summed E-state index contributed by atoms with van der Waals surface area (Å²) < 4.78 is 11.1. The fourth-order valence-electron chi connectivity index (χ4n) is 3.07. The third-order valence-corrected chi connectivity index (χ3v) is 4.98. The Kier molecular flexibility index (Phi) is 5.18. The first kappa shape index (κ1) is 19.3. The Morgan fingerprint density at radius 3 is 2.66 bits per heavy atom. The molecule has 0 saturated carbocycles. The van der Waals surface area contributed by atoms with Gasteiger partial charge in [-0.15, -0.1) is 0 Å². The summed E-state index contributed by atoms with van der Waals surface area (Å²) in [5.41, 5.74) is 4.06. The van der Waals surface area contributed by atoms with Crippen LogP contribution in [0.2, 0.25) is 10.0 Å². The van der Waals surface area contributed by atoms with Crippen molar-refractivity contribution in [2.45, 2.75) is 6.92 Å². The van der Waals surface area contributed by atoms with Gasteiger partial charge in [0.15, 0.2) is 5.58 Å². The number of nitrogens with one attached hydrogen (secondary N) is 1. The number of ether oxygens (including phenoxy) is 1. The number of nitrogens with zero attached hydrogens (tertiary/aromatic N) is 1. The minimum Gasteiger partial charge on any atom is -0.494 e. The van der Waals surface area contributed by atoms with E-state index < -0.39 is 5.91 Å². The molecular formula is C22H16Cl2N2O3. The van der Waals surface area contributed by atoms with Crippen LogP contribution in [-0.4, -0.2) is 18.0 Å². The van der Waals surface area contributed by atoms with Crippen LogP contribution >= 0.6 is 23.2 Å². The molecule has 0 atom stereocenters. The smallest absolute Gasteiger partial charge is 0.259 e. The second kappa shape index (κ2) is 7.78. The molecule has 0 aliphatic heterocycles. The Balaban J connectivity index is 1.66. The molecule has 7 heteroatoms. The number of benzene rings is 3. The van der Waals surface area contributed by atoms with Crippen LogP contribution < -0.4 is 10.1 Å². The second-order valence-electron chi connectivity index (χ2n) is 6.44. The minimum atomic E-state index is -0.395. The van der Waals surface area contributed by atoms with Gasteiger partial charge >= 0.3 is 0 Å². The maximum Gasteiger partial charge on any atom is 0.259 e. The normalized spacial score (nSPS) is 10.9. The number of amides is 1. The molecule has 0 radical (unpaired) electrons. The molecule has 0 bridgehead atoms. The summed E-state index contributed by atoms with van der Waals surface area (Å²) in [4.78, 5) is 17.3. The van der Waals surface area contributed by atoms with Crippen LogP contribution in [0, 0.1) is 6.92 Å². The number of rotatable bonds is 4. The van der Waals surface area contributed by atoms with Crippen molar-refractivity contribution >= 4 is 45.9 Å². The summed E-state index contributed by atoms with van der Waals surface area (Å²) in [6.07, 6.45) is 0. The highest BCUT2D eigenvalue weighted by Crippen LogP contribution is 2.33. The SMILES string of the molecule is COc1c(Cl)cc(Cl)cc1C(=O)Nc1ccc2oc(-c3ccccc3C)nc2c1. The van der Waals surface area contributed by atoms with E-state index in [1.807, 2.05) is 31.2 Å². The lowest BCUT2D eigenvalue weighted by Crippen LogP contribution is -2.13. The van der Waals surface area contributed by atoms with E-state index in [0.29, 0.717) is 27.7 Å². The zero-order valence-corrected chi connectivity index (χ0v) is 17.1. The van der Waals surface area contributed by atoms with Gasteiger partial charge in [-0.2, -0.15) is 0 Å². The van der Waals surface area contributed by atoms with Crippen LogP contribution in [0.4, 0.5) is 5.69 Å². The van der Waals surface area contributed by atoms with Gasteiger partial charge in [0.1, 0.15) is 11.3 Å². The molecule has 146 valence electrons. The van der Waals surface area contributed by atoms with Gasteiger partial charge in [-0.05, 0) is 48.9 Å². The van der Waals surface area contributed by atoms with E-state index in [9.17, 15) is 4.79 Å². The predicted molar refractivity (Wildman–Crippen MR) is 115 cm³/mol. The number of carbonyl (C=O) groups is 1. The number of oxazole rings is 1. The first-order valence-electron chi connectivity index (χ1n) is 8.77. The summed E-state index contributed by atoms with van der Waals surface area (Å²) in [7, 11) is 1.44. The molecule has 0 saturated heterocycles. The van der Waals surface area contributed by atoms with Crippen LogP contribution in [0.3, 0.4) is 0 Å². The van der Waals surface area contributed by atoms with Crippen molar-refractivity contribution in [1.82, 2.24) is 4.98 Å². The first-order chi connectivity index (χ1) is 14.0. The molecule has 1 amide bonds. The summed E-state index contributed by atoms with van der Waals surface area (Å²) in [6.45, 7) is 2.00. The second-order valence-corrected chi connectivity index (χ2v) is 7.28. The number of hydrogen-bond acceptors (Lipinski definition) is 4. The molecule has 0 spiro atoms. The van der Waals surface area contributed by atoms with Crippen LogP contribution in [0.1, 0.15) is 15.9 Å². The third kappa shape index (κ3) is 3.79. The highest BCUT2D eigenvalue weighted by Gasteiger charge is 2.18. The number of aryl methyl sites for hydroxylation is 1. The molecule has 0 aliphatic rings. The largest absolute Gasteiger partial charge is 0.494 e. The zero-order valence-electron chi connectivity index (χ0n) is 15.6. The topological polar surface area (TPSA) is 64.4 Å². The van der Waals surface area contributed by atoms with Crippen molar-refractivity contribution < 1.29 is 13.9 Å². The number of aromatic nitrogens is 1. The van der Waals surface area contributed by atoms with Gasteiger partial charge < -0.3 is 14.5 Å². The van der Waals surface area contributed by atoms with Crippen molar-refractivity contribution in [2.75, 3.05) is 12.4 Å². The van der Waals surface area contributed by atoms with E-state index in [1.54, 1.807) is 18.2 Å². The average molecular weight is 427 g/mol. The van der Waals surface area contributed by atoms with E-state index >= 15 is 0 Å². The molecule has 1 aromatic heterocycles. The summed E-state index contributed by atoms with van der Waals surface area (Å²) in [5, 5.41) is 3.43. The number of methoxy groups -OCH3 is 1. The Labute approximate surface area is 177 Å². The molecule has 4 aromatic rings. The van der Waals surface area contributed by atoms with Crippen molar-refractivity contribution in [2.24, 2.45) is 0 Å². The first-order valence-corrected chi connectivity index (χ1v) is 9.53. The summed E-state index contributed by atoms with van der Waals surface area (Å²) in [5.74, 6) is 0.399. The summed E-state index contributed by atoms with van der Waals surface area (Å²) >= 11 is 12.2. The van der Waals surface area contributed by atoms with Crippen molar-refractivity contribution in [3.05, 3.63) is 75.8 Å². The van der Waals surface area contributed by atoms with Crippen molar-refractivity contribution in [3.63, 3.8) is 0 Å². The molecule has 0 aliphatic carbocycles. The van der Waals surface area contributed by atoms with Crippen molar-refractivity contribution in [1.29, 1.82) is 0 Å². The molecule has 1 N–H and O–H groups in total. The van der Waals surface area contributed by atoms with Gasteiger partial charge in [-0.25, -0.2) is 4.98 Å². The maximum absolute atomic E-state index is 12.8. The standard InChI is InChI=1S/C22H16Cl2N2O3/c1-12-5-3-4-6-15(12)22-26-18-11-14(7-8-19(18)29-22)25-21(27)16-9-13(23)10-17(24)20(16)28-2/h3-11H,1-2H3,(H,25,27). The van der Waals surface area contributed by atoms with E-state index in [-0.39, 0.29) is 16.3 Å². The molecule has 0 fully saturated rings. The maximum atomic E-state index is 12.8. The fraction of sp³-hybridized carbons (Fsp3) is 0.0909. The third-order valence-electron chi connectivity index (χ3n) is 4.48. The van der Waals surface area contributed by atoms with E-state index in [0.717, 1.165) is 11.1 Å². The highest BCUT2D eigenvalue weighted by molar-refractivity contribution is 6.36. The van der Waals surface area contributed by atoms with E-state index in [2.05, 4.69) is 10.3 Å². The van der Waals surface area contributed by atoms with Crippen LogP contribution in [0.25, 0.3) is 22.6 Å². The highest BCUT2D eigenvalue weighted by atomic mass is 35.5. The Hall–Kier alpha value is -3.02. The quantitative estimate of drug-likeness (QED) is 0.411. The molecule has 0 unspecified atom stereocenters. The Morgan fingerprint density at radius 1 is 1.10 bits per heavy atom. The van der Waals surface area contributed by atoms with Crippen LogP contribution in [-0.2, 0) is 0 Å². The Bertz CT molecular complexity index is 1230. The lowest BCUT2D eigenvalue weighted by atomic mass is 10.1. The number of halogens is 2. The lowest BCUT2D eigenvalue weighted by Gasteiger charge is -2.11. The average Bonchev–Trinajstić information content (AvgIpc) is 3.10. The van der Waals surface area contributed by atoms with Gasteiger partial charge in [0, 0.05) is 16.3 Å². The Morgan fingerprint density at radius 2 is 1.90 bits per heavy atom. The summed E-state index contributed by atoms with van der Waals surface area (Å²) in [6, 6.07) is 16.1. The van der Waals surface area contributed by atoms with Gasteiger partial charge in [0.05, 0.1) is 17.7 Å². The molecule has 29 heavy (non-hydrogen) atoms. The van der Waals surface area contributed by atoms with E-state index in [4.69, 9.17) is 32.4 Å². The lowest BCUT2D eigenvalue weighted by molar-refractivity contribution is 0.102. The molecule has 1 heterocycles. The monoisotopic (exact) mass is 426 g/mol. The number of carbonyl (C=O) groups excluding carboxylic acids is 1. The predicted octanol–water partition coefficient (Wildman–Crippen LogP) is 6.37. The molecule has 5 nitrogen and oxygen atoms in total.